The summed E-state index contributed by atoms with van der Waals surface area (Å²) in [6.45, 7) is 2.31. The zero-order valence-corrected chi connectivity index (χ0v) is 11.3. The van der Waals surface area contributed by atoms with Crippen molar-refractivity contribution in [2.75, 3.05) is 0 Å². The van der Waals surface area contributed by atoms with Gasteiger partial charge in [0.05, 0.1) is 6.04 Å². The highest BCUT2D eigenvalue weighted by Gasteiger charge is 2.09. The van der Waals surface area contributed by atoms with Gasteiger partial charge in [0.15, 0.2) is 0 Å². The number of hydrogen-bond donors (Lipinski definition) is 2. The van der Waals surface area contributed by atoms with Gasteiger partial charge in [-0.2, -0.15) is 0 Å². The number of urea groups is 1. The van der Waals surface area contributed by atoms with Crippen LogP contribution in [0.25, 0.3) is 0 Å². The van der Waals surface area contributed by atoms with Crippen LogP contribution >= 0.6 is 11.3 Å². The molecule has 0 aliphatic carbocycles. The fourth-order valence-corrected chi connectivity index (χ4v) is 2.38. The van der Waals surface area contributed by atoms with Crippen LogP contribution < -0.4 is 10.6 Å². The van der Waals surface area contributed by atoms with Gasteiger partial charge in [-0.1, -0.05) is 18.2 Å². The number of rotatable bonds is 4. The zero-order valence-electron chi connectivity index (χ0n) is 10.5. The predicted octanol–water partition coefficient (Wildman–Crippen LogP) is 3.45. The molecule has 0 bridgehead atoms. The average Bonchev–Trinajstić information content (AvgIpc) is 2.92. The summed E-state index contributed by atoms with van der Waals surface area (Å²) < 4.78 is 12.7. The molecule has 3 nitrogen and oxygen atoms in total. The van der Waals surface area contributed by atoms with Crippen LogP contribution in [0.4, 0.5) is 9.18 Å². The van der Waals surface area contributed by atoms with Crippen LogP contribution in [0.3, 0.4) is 0 Å². The molecule has 0 unspecified atom stereocenters. The Hall–Kier alpha value is -1.88. The predicted molar refractivity (Wildman–Crippen MR) is 74.5 cm³/mol. The number of benzene rings is 1. The quantitative estimate of drug-likeness (QED) is 0.883. The summed E-state index contributed by atoms with van der Waals surface area (Å²) >= 11 is 1.60. The molecule has 0 spiro atoms. The first-order valence-electron chi connectivity index (χ1n) is 5.97. The monoisotopic (exact) mass is 278 g/mol. The smallest absolute Gasteiger partial charge is 0.315 e. The first-order chi connectivity index (χ1) is 9.15. The van der Waals surface area contributed by atoms with Gasteiger partial charge in [0.2, 0.25) is 0 Å². The molecule has 0 saturated carbocycles. The van der Waals surface area contributed by atoms with Gasteiger partial charge in [-0.05, 0) is 36.1 Å². The van der Waals surface area contributed by atoms with E-state index in [1.165, 1.54) is 12.1 Å². The Balaban J connectivity index is 1.80. The van der Waals surface area contributed by atoms with Crippen LogP contribution in [-0.4, -0.2) is 6.03 Å². The minimum Gasteiger partial charge on any atom is -0.334 e. The minimum atomic E-state index is -0.278. The SMILES string of the molecule is C[C@@H](NC(=O)NCc1ccc(F)cc1)c1cccs1. The molecule has 1 aromatic carbocycles. The van der Waals surface area contributed by atoms with E-state index in [-0.39, 0.29) is 17.9 Å². The molecule has 1 atom stereocenters. The Morgan fingerprint density at radius 3 is 2.68 bits per heavy atom. The maximum atomic E-state index is 12.7. The van der Waals surface area contributed by atoms with Crippen molar-refractivity contribution in [3.63, 3.8) is 0 Å². The lowest BCUT2D eigenvalue weighted by Gasteiger charge is -2.13. The maximum Gasteiger partial charge on any atom is 0.315 e. The summed E-state index contributed by atoms with van der Waals surface area (Å²) in [6.07, 6.45) is 0. The van der Waals surface area contributed by atoms with E-state index in [2.05, 4.69) is 10.6 Å². The van der Waals surface area contributed by atoms with Crippen molar-refractivity contribution in [2.24, 2.45) is 0 Å². The molecule has 100 valence electrons. The molecule has 1 aromatic heterocycles. The normalized spacial score (nSPS) is 11.9. The van der Waals surface area contributed by atoms with Gasteiger partial charge in [0.1, 0.15) is 5.82 Å². The topological polar surface area (TPSA) is 41.1 Å². The van der Waals surface area contributed by atoms with E-state index >= 15 is 0 Å². The molecule has 0 fully saturated rings. The van der Waals surface area contributed by atoms with E-state index in [1.54, 1.807) is 23.5 Å². The van der Waals surface area contributed by atoms with E-state index in [0.29, 0.717) is 6.54 Å². The molecule has 5 heteroatoms. The fraction of sp³-hybridized carbons (Fsp3) is 0.214. The van der Waals surface area contributed by atoms with E-state index in [0.717, 1.165) is 10.4 Å². The summed E-state index contributed by atoms with van der Waals surface area (Å²) in [5.74, 6) is -0.278. The van der Waals surface area contributed by atoms with Crippen LogP contribution in [0, 0.1) is 5.82 Å². The van der Waals surface area contributed by atoms with Crippen LogP contribution in [0.1, 0.15) is 23.4 Å². The van der Waals surface area contributed by atoms with Gasteiger partial charge in [-0.15, -0.1) is 11.3 Å². The van der Waals surface area contributed by atoms with Crippen molar-refractivity contribution in [2.45, 2.75) is 19.5 Å². The molecule has 0 aliphatic rings. The summed E-state index contributed by atoms with van der Waals surface area (Å²) in [4.78, 5) is 12.8. The molecule has 0 aliphatic heterocycles. The van der Waals surface area contributed by atoms with Gasteiger partial charge >= 0.3 is 6.03 Å². The summed E-state index contributed by atoms with van der Waals surface area (Å²) in [7, 11) is 0. The Morgan fingerprint density at radius 2 is 2.05 bits per heavy atom. The van der Waals surface area contributed by atoms with Crippen molar-refractivity contribution >= 4 is 17.4 Å². The number of hydrogen-bond acceptors (Lipinski definition) is 2. The first-order valence-corrected chi connectivity index (χ1v) is 6.85. The molecule has 19 heavy (non-hydrogen) atoms. The highest BCUT2D eigenvalue weighted by molar-refractivity contribution is 7.10. The lowest BCUT2D eigenvalue weighted by Crippen LogP contribution is -2.36. The second-order valence-electron chi connectivity index (χ2n) is 4.19. The van der Waals surface area contributed by atoms with Crippen molar-refractivity contribution < 1.29 is 9.18 Å². The molecule has 0 saturated heterocycles. The Labute approximate surface area is 115 Å². The molecule has 0 radical (unpaired) electrons. The average molecular weight is 278 g/mol. The number of thiophene rings is 1. The van der Waals surface area contributed by atoms with Crippen LogP contribution in [0.2, 0.25) is 0 Å². The van der Waals surface area contributed by atoms with Gasteiger partial charge < -0.3 is 10.6 Å². The lowest BCUT2D eigenvalue weighted by molar-refractivity contribution is 0.237. The third-order valence-corrected chi connectivity index (χ3v) is 3.74. The Bertz CT molecular complexity index is 525. The summed E-state index contributed by atoms with van der Waals surface area (Å²) in [5.41, 5.74) is 0.861. The van der Waals surface area contributed by atoms with Gasteiger partial charge in [0, 0.05) is 11.4 Å². The zero-order chi connectivity index (χ0) is 13.7. The molecule has 1 heterocycles. The Kier molecular flexibility index (Phi) is 4.52. The molecular weight excluding hydrogens is 263 g/mol. The highest BCUT2D eigenvalue weighted by atomic mass is 32.1. The molecular formula is C14H15FN2OS. The van der Waals surface area contributed by atoms with E-state index in [9.17, 15) is 9.18 Å². The van der Waals surface area contributed by atoms with Crippen molar-refractivity contribution in [3.05, 3.63) is 58.0 Å². The van der Waals surface area contributed by atoms with Crippen molar-refractivity contribution in [3.8, 4) is 0 Å². The summed E-state index contributed by atoms with van der Waals surface area (Å²) in [6, 6.07) is 9.74. The highest BCUT2D eigenvalue weighted by Crippen LogP contribution is 2.17. The maximum absolute atomic E-state index is 12.7. The van der Waals surface area contributed by atoms with Gasteiger partial charge in [0.25, 0.3) is 0 Å². The second-order valence-corrected chi connectivity index (χ2v) is 5.17. The second kappa shape index (κ2) is 6.33. The molecule has 2 aromatic rings. The van der Waals surface area contributed by atoms with E-state index in [4.69, 9.17) is 0 Å². The van der Waals surface area contributed by atoms with Crippen LogP contribution in [-0.2, 0) is 6.54 Å². The van der Waals surface area contributed by atoms with Crippen molar-refractivity contribution in [1.82, 2.24) is 10.6 Å². The number of carbonyl (C=O) groups is 1. The Morgan fingerprint density at radius 1 is 1.32 bits per heavy atom. The molecule has 2 N–H and O–H groups in total. The third kappa shape index (κ3) is 4.06. The van der Waals surface area contributed by atoms with E-state index < -0.39 is 0 Å². The number of amides is 2. The third-order valence-electron chi connectivity index (χ3n) is 2.68. The number of carbonyl (C=O) groups excluding carboxylic acids is 1. The first kappa shape index (κ1) is 13.5. The fourth-order valence-electron chi connectivity index (χ4n) is 1.64. The number of halogens is 1. The largest absolute Gasteiger partial charge is 0.334 e. The van der Waals surface area contributed by atoms with Gasteiger partial charge in [-0.25, -0.2) is 9.18 Å². The van der Waals surface area contributed by atoms with Gasteiger partial charge in [-0.3, -0.25) is 0 Å². The van der Waals surface area contributed by atoms with Crippen molar-refractivity contribution in [1.29, 1.82) is 0 Å². The molecule has 2 rings (SSSR count). The van der Waals surface area contributed by atoms with Crippen LogP contribution in [0.15, 0.2) is 41.8 Å². The molecule has 2 amide bonds. The van der Waals surface area contributed by atoms with Crippen LogP contribution in [0.5, 0.6) is 0 Å². The number of nitrogens with one attached hydrogen (secondary N) is 2. The minimum absolute atomic E-state index is 0.0202. The standard InChI is InChI=1S/C14H15FN2OS/c1-10(13-3-2-8-19-13)17-14(18)16-9-11-4-6-12(15)7-5-11/h2-8,10H,9H2,1H3,(H2,16,17,18)/t10-/m1/s1. The lowest BCUT2D eigenvalue weighted by atomic mass is 10.2. The van der Waals surface area contributed by atoms with E-state index in [1.807, 2.05) is 24.4 Å². The summed E-state index contributed by atoms with van der Waals surface area (Å²) in [5, 5.41) is 7.57.